The van der Waals surface area contributed by atoms with E-state index in [9.17, 15) is 19.8 Å². The lowest BCUT2D eigenvalue weighted by Crippen LogP contribution is -2.12. The molecule has 0 radical (unpaired) electrons. The van der Waals surface area contributed by atoms with Crippen molar-refractivity contribution in [1.29, 1.82) is 0 Å². The highest BCUT2D eigenvalue weighted by atomic mass is 16.3. The fourth-order valence-corrected chi connectivity index (χ4v) is 4.25. The lowest BCUT2D eigenvalue weighted by atomic mass is 9.90. The van der Waals surface area contributed by atoms with Gasteiger partial charge >= 0.3 is 0 Å². The van der Waals surface area contributed by atoms with Crippen LogP contribution in [-0.2, 0) is 9.59 Å². The molecule has 0 aliphatic rings. The first kappa shape index (κ1) is 28.4. The number of hydrogen-bond donors (Lipinski definition) is 2. The summed E-state index contributed by atoms with van der Waals surface area (Å²) in [6.45, 7) is 13.6. The van der Waals surface area contributed by atoms with E-state index < -0.39 is 12.1 Å². The van der Waals surface area contributed by atoms with E-state index in [1.807, 2.05) is 52.0 Å². The van der Waals surface area contributed by atoms with Crippen molar-refractivity contribution in [2.24, 2.45) is 9.98 Å². The van der Waals surface area contributed by atoms with Gasteiger partial charge in [0.05, 0.1) is 11.1 Å². The van der Waals surface area contributed by atoms with Gasteiger partial charge in [-0.1, -0.05) is 58.7 Å². The first-order chi connectivity index (χ1) is 16.8. The maximum Gasteiger partial charge on any atom is 0.164 e. The number of ketones is 2. The average Bonchev–Trinajstić information content (AvgIpc) is 2.72. The number of Topliss-reactive ketones (excluding diaryl/α,β-unsaturated/α-hetero) is 2. The largest absolute Gasteiger partial charge is 0.512 e. The lowest BCUT2D eigenvalue weighted by Gasteiger charge is -2.24. The first-order valence-corrected chi connectivity index (χ1v) is 11.8. The van der Waals surface area contributed by atoms with E-state index in [0.29, 0.717) is 0 Å². The Hall–Kier alpha value is -3.80. The second-order valence-electron chi connectivity index (χ2n) is 9.40. The number of carbonyl (C=O) groups is 2. The molecule has 36 heavy (non-hydrogen) atoms. The molecule has 0 aromatic heterocycles. The zero-order valence-electron chi connectivity index (χ0n) is 22.4. The number of carbonyl (C=O) groups excluding carboxylic acids is 2. The van der Waals surface area contributed by atoms with Crippen LogP contribution in [0.25, 0.3) is 0 Å². The molecule has 0 saturated heterocycles. The molecule has 0 unspecified atom stereocenters. The summed E-state index contributed by atoms with van der Waals surface area (Å²) < 4.78 is 0. The highest BCUT2D eigenvalue weighted by Gasteiger charge is 2.25. The maximum absolute atomic E-state index is 12.1. The number of aliphatic hydroxyl groups excluding tert-OH is 2. The van der Waals surface area contributed by atoms with Crippen LogP contribution in [0.3, 0.4) is 0 Å². The Morgan fingerprint density at radius 3 is 1.11 bits per heavy atom. The molecule has 2 rings (SSSR count). The summed E-state index contributed by atoms with van der Waals surface area (Å²) in [5.41, 5.74) is 6.16. The van der Waals surface area contributed by atoms with Crippen molar-refractivity contribution in [2.75, 3.05) is 0 Å². The minimum atomic E-state index is -0.582. The van der Waals surface area contributed by atoms with Crippen LogP contribution in [0.1, 0.15) is 73.2 Å². The zero-order chi connectivity index (χ0) is 27.2. The van der Waals surface area contributed by atoms with E-state index in [1.54, 1.807) is 0 Å². The van der Waals surface area contributed by atoms with E-state index >= 15 is 0 Å². The van der Waals surface area contributed by atoms with Gasteiger partial charge in [-0.2, -0.15) is 0 Å². The Kier molecular flexibility index (Phi) is 9.68. The van der Waals surface area contributed by atoms with Gasteiger partial charge in [0.2, 0.25) is 0 Å². The van der Waals surface area contributed by atoms with Gasteiger partial charge in [0.1, 0.15) is 23.6 Å². The van der Waals surface area contributed by atoms with Crippen molar-refractivity contribution in [3.8, 4) is 0 Å². The summed E-state index contributed by atoms with van der Waals surface area (Å²) in [6.07, 6.45) is 2.79. The molecule has 2 aromatic rings. The molecule has 190 valence electrons. The topological polar surface area (TPSA) is 99.3 Å². The first-order valence-electron chi connectivity index (χ1n) is 11.8. The van der Waals surface area contributed by atoms with Crippen molar-refractivity contribution in [3.05, 3.63) is 92.4 Å². The molecule has 6 heteroatoms. The summed E-state index contributed by atoms with van der Waals surface area (Å²) in [6, 6.07) is 11.0. The predicted molar refractivity (Wildman–Crippen MR) is 146 cm³/mol. The quantitative estimate of drug-likeness (QED) is 0.233. The monoisotopic (exact) mass is 488 g/mol. The standard InChI is InChI=1S/C30H36N2O4/c1-17-9-18(2)12-25(11-17)29(31-15-27(21(5)33)22(6)34)30(26-13-19(3)10-20(4)14-26)32-16-28(23(7)35)24(8)36/h9-16,29-30,33,35H,1-8H3/b27-21+,28-23+,31-15?,32-16?/t29-,30-/m0/s1. The van der Waals surface area contributed by atoms with E-state index in [0.717, 1.165) is 33.4 Å². The number of aliphatic imine (C=N–C) groups is 2. The van der Waals surface area contributed by atoms with Crippen LogP contribution in [0.15, 0.2) is 69.0 Å². The van der Waals surface area contributed by atoms with Crippen molar-refractivity contribution in [3.63, 3.8) is 0 Å². The SMILES string of the molecule is CC(=O)/C(C=N[C@@H](c1cc(C)cc(C)c1)[C@@H](N=C/C(C(C)=O)=C(/C)O)c1cc(C)cc(C)c1)=C(\C)O. The van der Waals surface area contributed by atoms with Gasteiger partial charge in [-0.15, -0.1) is 0 Å². The number of aliphatic hydroxyl groups is 2. The van der Waals surface area contributed by atoms with Crippen LogP contribution in [0, 0.1) is 27.7 Å². The van der Waals surface area contributed by atoms with E-state index in [-0.39, 0.29) is 34.2 Å². The minimum Gasteiger partial charge on any atom is -0.512 e. The number of rotatable bonds is 9. The summed E-state index contributed by atoms with van der Waals surface area (Å²) in [5.74, 6) is -0.840. The van der Waals surface area contributed by atoms with Crippen LogP contribution in [-0.4, -0.2) is 34.2 Å². The third kappa shape index (κ3) is 7.60. The van der Waals surface area contributed by atoms with Gasteiger partial charge in [-0.05, 0) is 66.5 Å². The number of hydrogen-bond acceptors (Lipinski definition) is 6. The number of benzene rings is 2. The van der Waals surface area contributed by atoms with Crippen LogP contribution in [0.2, 0.25) is 0 Å². The molecule has 2 aromatic carbocycles. The van der Waals surface area contributed by atoms with Crippen LogP contribution in [0.5, 0.6) is 0 Å². The molecular weight excluding hydrogens is 452 g/mol. The molecular formula is C30H36N2O4. The molecule has 0 heterocycles. The molecule has 0 fully saturated rings. The van der Waals surface area contributed by atoms with Gasteiger partial charge in [-0.25, -0.2) is 0 Å². The molecule has 0 spiro atoms. The van der Waals surface area contributed by atoms with Crippen molar-refractivity contribution in [2.45, 2.75) is 67.5 Å². The van der Waals surface area contributed by atoms with Crippen molar-refractivity contribution >= 4 is 24.0 Å². The fraction of sp³-hybridized carbons (Fsp3) is 0.333. The Morgan fingerprint density at radius 2 is 0.889 bits per heavy atom. The second-order valence-corrected chi connectivity index (χ2v) is 9.40. The fourth-order valence-electron chi connectivity index (χ4n) is 4.25. The molecule has 2 atom stereocenters. The molecule has 2 N–H and O–H groups in total. The second kappa shape index (κ2) is 12.2. The Labute approximate surface area is 213 Å². The smallest absolute Gasteiger partial charge is 0.164 e. The summed E-state index contributed by atoms with van der Waals surface area (Å²) in [7, 11) is 0. The molecule has 6 nitrogen and oxygen atoms in total. The van der Waals surface area contributed by atoms with Gasteiger partial charge in [-0.3, -0.25) is 19.6 Å². The Balaban J connectivity index is 2.87. The van der Waals surface area contributed by atoms with Gasteiger partial charge in [0.25, 0.3) is 0 Å². The summed E-state index contributed by atoms with van der Waals surface area (Å²) >= 11 is 0. The van der Waals surface area contributed by atoms with E-state index in [1.165, 1.54) is 40.1 Å². The number of allylic oxidation sites excluding steroid dienone is 4. The third-order valence-electron chi connectivity index (χ3n) is 5.74. The Bertz CT molecular complexity index is 1130. The van der Waals surface area contributed by atoms with Crippen LogP contribution < -0.4 is 0 Å². The van der Waals surface area contributed by atoms with Crippen molar-refractivity contribution < 1.29 is 19.8 Å². The normalized spacial score (nSPS) is 15.0. The maximum atomic E-state index is 12.1. The summed E-state index contributed by atoms with van der Waals surface area (Å²) in [4.78, 5) is 33.8. The highest BCUT2D eigenvalue weighted by molar-refractivity contribution is 6.13. The molecule has 0 aliphatic carbocycles. The predicted octanol–water partition coefficient (Wildman–Crippen LogP) is 6.69. The highest BCUT2D eigenvalue weighted by Crippen LogP contribution is 2.37. The zero-order valence-corrected chi connectivity index (χ0v) is 22.4. The van der Waals surface area contributed by atoms with Crippen LogP contribution in [0.4, 0.5) is 0 Å². The van der Waals surface area contributed by atoms with Crippen molar-refractivity contribution in [1.82, 2.24) is 0 Å². The molecule has 0 bridgehead atoms. The van der Waals surface area contributed by atoms with E-state index in [4.69, 9.17) is 9.98 Å². The average molecular weight is 489 g/mol. The lowest BCUT2D eigenvalue weighted by molar-refractivity contribution is -0.114. The number of aryl methyl sites for hydroxylation is 4. The van der Waals surface area contributed by atoms with Gasteiger partial charge < -0.3 is 10.2 Å². The van der Waals surface area contributed by atoms with Gasteiger partial charge in [0, 0.05) is 12.4 Å². The van der Waals surface area contributed by atoms with E-state index in [2.05, 4.69) is 12.1 Å². The Morgan fingerprint density at radius 1 is 0.611 bits per heavy atom. The third-order valence-corrected chi connectivity index (χ3v) is 5.74. The van der Waals surface area contributed by atoms with Gasteiger partial charge in [0.15, 0.2) is 11.6 Å². The molecule has 0 amide bonds. The summed E-state index contributed by atoms with van der Waals surface area (Å²) in [5, 5.41) is 20.1. The molecule has 0 aliphatic heterocycles. The molecule has 0 saturated carbocycles. The van der Waals surface area contributed by atoms with Crippen LogP contribution >= 0.6 is 0 Å². The minimum absolute atomic E-state index is 0.114. The number of nitrogens with zero attached hydrogens (tertiary/aromatic N) is 2.